The minimum atomic E-state index is -0.826. The molecule has 6 nitrogen and oxygen atoms in total. The third-order valence-corrected chi connectivity index (χ3v) is 7.16. The molecule has 4 aliphatic rings. The number of hydrogen-bond acceptors (Lipinski definition) is 4. The fourth-order valence-corrected chi connectivity index (χ4v) is 5.90. The Morgan fingerprint density at radius 2 is 1.96 bits per heavy atom. The van der Waals surface area contributed by atoms with E-state index in [4.69, 9.17) is 4.74 Å². The molecule has 1 spiro atoms. The van der Waals surface area contributed by atoms with E-state index in [1.54, 1.807) is 7.11 Å². The van der Waals surface area contributed by atoms with Gasteiger partial charge in [0.25, 0.3) is 0 Å². The number of ether oxygens (including phenoxy) is 1. The molecule has 3 saturated heterocycles. The number of benzene rings is 1. The van der Waals surface area contributed by atoms with E-state index >= 15 is 0 Å². The van der Waals surface area contributed by atoms with Crippen LogP contribution in [0.25, 0.3) is 0 Å². The van der Waals surface area contributed by atoms with E-state index in [2.05, 4.69) is 10.2 Å². The summed E-state index contributed by atoms with van der Waals surface area (Å²) in [5.41, 5.74) is 1.03. The predicted molar refractivity (Wildman–Crippen MR) is 101 cm³/mol. The van der Waals surface area contributed by atoms with E-state index in [1.807, 2.05) is 29.2 Å². The van der Waals surface area contributed by atoms with E-state index in [9.17, 15) is 9.59 Å². The van der Waals surface area contributed by atoms with E-state index < -0.39 is 5.54 Å². The highest BCUT2D eigenvalue weighted by Gasteiger charge is 2.65. The van der Waals surface area contributed by atoms with Crippen LogP contribution in [-0.2, 0) is 19.9 Å². The molecular formula is C21H27N3O3. The fourth-order valence-electron chi connectivity index (χ4n) is 5.90. The van der Waals surface area contributed by atoms with Crippen LogP contribution in [0.5, 0.6) is 0 Å². The van der Waals surface area contributed by atoms with Crippen LogP contribution in [0.4, 0.5) is 5.69 Å². The molecule has 0 bridgehead atoms. The van der Waals surface area contributed by atoms with Crippen LogP contribution in [0, 0.1) is 5.92 Å². The van der Waals surface area contributed by atoms with Gasteiger partial charge in [0, 0.05) is 37.5 Å². The van der Waals surface area contributed by atoms with Gasteiger partial charge in [0.05, 0.1) is 12.0 Å². The maximum absolute atomic E-state index is 13.6. The first-order chi connectivity index (χ1) is 13.2. The lowest BCUT2D eigenvalue weighted by molar-refractivity contribution is -0.146. The number of nitrogens with zero attached hydrogens (tertiary/aromatic N) is 2. The molecular weight excluding hydrogens is 342 g/mol. The van der Waals surface area contributed by atoms with E-state index in [1.165, 1.54) is 0 Å². The number of para-hydroxylation sites is 1. The molecule has 144 valence electrons. The SMILES string of the molecule is COC1CCN(C(=O)[C@@H]2C[C@H]3CCCN3[C@]23C(=O)Nc2ccccc23)CC1. The van der Waals surface area contributed by atoms with Gasteiger partial charge >= 0.3 is 0 Å². The predicted octanol–water partition coefficient (Wildman–Crippen LogP) is 1.96. The lowest BCUT2D eigenvalue weighted by atomic mass is 9.77. The summed E-state index contributed by atoms with van der Waals surface area (Å²) in [6.07, 6.45) is 4.94. The van der Waals surface area contributed by atoms with Gasteiger partial charge in [-0.25, -0.2) is 0 Å². The summed E-state index contributed by atoms with van der Waals surface area (Å²) in [5, 5.41) is 3.08. The van der Waals surface area contributed by atoms with Crippen LogP contribution >= 0.6 is 0 Å². The molecule has 6 heteroatoms. The number of amides is 2. The minimum Gasteiger partial charge on any atom is -0.381 e. The van der Waals surface area contributed by atoms with Crippen molar-refractivity contribution < 1.29 is 14.3 Å². The van der Waals surface area contributed by atoms with Gasteiger partial charge in [0.15, 0.2) is 0 Å². The average Bonchev–Trinajstić information content (AvgIpc) is 3.36. The highest BCUT2D eigenvalue weighted by molar-refractivity contribution is 6.09. The lowest BCUT2D eigenvalue weighted by Crippen LogP contribution is -2.55. The summed E-state index contributed by atoms with van der Waals surface area (Å²) in [6, 6.07) is 8.24. The van der Waals surface area contributed by atoms with E-state index in [0.29, 0.717) is 6.04 Å². The third-order valence-electron chi connectivity index (χ3n) is 7.16. The first-order valence-corrected chi connectivity index (χ1v) is 10.2. The second-order valence-corrected chi connectivity index (χ2v) is 8.30. The highest BCUT2D eigenvalue weighted by Crippen LogP contribution is 2.55. The van der Waals surface area contributed by atoms with Gasteiger partial charge in [-0.05, 0) is 44.7 Å². The zero-order valence-corrected chi connectivity index (χ0v) is 15.8. The van der Waals surface area contributed by atoms with Crippen molar-refractivity contribution in [2.24, 2.45) is 5.92 Å². The van der Waals surface area contributed by atoms with Crippen molar-refractivity contribution in [3.05, 3.63) is 29.8 Å². The minimum absolute atomic E-state index is 0.0155. The molecule has 1 N–H and O–H groups in total. The number of piperidine rings is 1. The third kappa shape index (κ3) is 2.32. The second-order valence-electron chi connectivity index (χ2n) is 8.30. The van der Waals surface area contributed by atoms with Crippen molar-refractivity contribution in [1.82, 2.24) is 9.80 Å². The molecule has 2 amide bonds. The van der Waals surface area contributed by atoms with Crippen LogP contribution in [0.1, 0.15) is 37.7 Å². The Bertz CT molecular complexity index is 774. The molecule has 5 rings (SSSR count). The highest BCUT2D eigenvalue weighted by atomic mass is 16.5. The number of hydrogen-bond donors (Lipinski definition) is 1. The molecule has 0 aliphatic carbocycles. The summed E-state index contributed by atoms with van der Waals surface area (Å²) in [4.78, 5) is 31.3. The molecule has 27 heavy (non-hydrogen) atoms. The van der Waals surface area contributed by atoms with Gasteiger partial charge in [-0.15, -0.1) is 0 Å². The number of likely N-dealkylation sites (tertiary alicyclic amines) is 1. The van der Waals surface area contributed by atoms with Crippen molar-refractivity contribution in [3.8, 4) is 0 Å². The van der Waals surface area contributed by atoms with Crippen molar-refractivity contribution in [2.75, 3.05) is 32.1 Å². The summed E-state index contributed by atoms with van der Waals surface area (Å²) >= 11 is 0. The first-order valence-electron chi connectivity index (χ1n) is 10.2. The Morgan fingerprint density at radius 1 is 1.19 bits per heavy atom. The Balaban J connectivity index is 1.52. The van der Waals surface area contributed by atoms with Gasteiger partial charge in [-0.2, -0.15) is 0 Å². The smallest absolute Gasteiger partial charge is 0.250 e. The molecule has 0 saturated carbocycles. The van der Waals surface area contributed by atoms with Gasteiger partial charge in [0.2, 0.25) is 11.8 Å². The Morgan fingerprint density at radius 3 is 2.74 bits per heavy atom. The van der Waals surface area contributed by atoms with Crippen LogP contribution in [0.3, 0.4) is 0 Å². The van der Waals surface area contributed by atoms with Gasteiger partial charge in [-0.1, -0.05) is 18.2 Å². The standard InChI is InChI=1S/C21H27N3O3/c1-27-15-8-11-23(12-9-15)19(25)17-13-14-5-4-10-24(14)21(17)16-6-2-3-7-18(16)22-20(21)26/h2-3,6-7,14-15,17H,4-5,8-13H2,1H3,(H,22,26)/t14-,17+,21+/m1/s1. The van der Waals surface area contributed by atoms with E-state index in [-0.39, 0.29) is 23.8 Å². The first kappa shape index (κ1) is 17.2. The number of methoxy groups -OCH3 is 1. The zero-order valence-electron chi connectivity index (χ0n) is 15.8. The fraction of sp³-hybridized carbons (Fsp3) is 0.619. The van der Waals surface area contributed by atoms with Gasteiger partial charge in [0.1, 0.15) is 5.54 Å². The normalized spacial score (nSPS) is 33.4. The Kier molecular flexibility index (Phi) is 4.02. The number of carbonyl (C=O) groups is 2. The summed E-state index contributed by atoms with van der Waals surface area (Å²) in [5.74, 6) is -0.172. The van der Waals surface area contributed by atoms with Crippen LogP contribution < -0.4 is 5.32 Å². The molecule has 3 fully saturated rings. The molecule has 1 aromatic rings. The van der Waals surface area contributed by atoms with Crippen molar-refractivity contribution >= 4 is 17.5 Å². The molecule has 0 unspecified atom stereocenters. The topological polar surface area (TPSA) is 61.9 Å². The number of nitrogens with one attached hydrogen (secondary N) is 1. The monoisotopic (exact) mass is 369 g/mol. The van der Waals surface area contributed by atoms with Gasteiger partial charge in [-0.3, -0.25) is 14.5 Å². The summed E-state index contributed by atoms with van der Waals surface area (Å²) in [6.45, 7) is 2.33. The van der Waals surface area contributed by atoms with Crippen LogP contribution in [0.2, 0.25) is 0 Å². The lowest BCUT2D eigenvalue weighted by Gasteiger charge is -2.39. The van der Waals surface area contributed by atoms with Crippen molar-refractivity contribution in [2.45, 2.75) is 49.8 Å². The van der Waals surface area contributed by atoms with Crippen molar-refractivity contribution in [3.63, 3.8) is 0 Å². The number of carbonyl (C=O) groups excluding carboxylic acids is 2. The summed E-state index contributed by atoms with van der Waals surface area (Å²) in [7, 11) is 1.74. The summed E-state index contributed by atoms with van der Waals surface area (Å²) < 4.78 is 5.45. The second kappa shape index (κ2) is 6.31. The van der Waals surface area contributed by atoms with Crippen LogP contribution in [-0.4, -0.2) is 60.5 Å². The number of fused-ring (bicyclic) bond motifs is 4. The molecule has 0 radical (unpaired) electrons. The van der Waals surface area contributed by atoms with Gasteiger partial charge < -0.3 is 15.0 Å². The Hall–Kier alpha value is -1.92. The molecule has 4 aliphatic heterocycles. The number of rotatable bonds is 2. The average molecular weight is 369 g/mol. The quantitative estimate of drug-likeness (QED) is 0.866. The maximum Gasteiger partial charge on any atom is 0.250 e. The molecule has 0 aromatic heterocycles. The van der Waals surface area contributed by atoms with Crippen molar-refractivity contribution in [1.29, 1.82) is 0 Å². The van der Waals surface area contributed by atoms with E-state index in [0.717, 1.165) is 63.0 Å². The molecule has 4 heterocycles. The Labute approximate surface area is 159 Å². The van der Waals surface area contributed by atoms with Crippen LogP contribution in [0.15, 0.2) is 24.3 Å². The molecule has 3 atom stereocenters. The zero-order chi connectivity index (χ0) is 18.6. The number of anilines is 1. The molecule has 1 aromatic carbocycles. The largest absolute Gasteiger partial charge is 0.381 e. The maximum atomic E-state index is 13.6.